The molecule has 1 N–H and O–H groups in total. The summed E-state index contributed by atoms with van der Waals surface area (Å²) in [5.74, 6) is 0.166. The van der Waals surface area contributed by atoms with Crippen molar-refractivity contribution in [3.63, 3.8) is 0 Å². The van der Waals surface area contributed by atoms with E-state index in [1.807, 2.05) is 36.1 Å². The van der Waals surface area contributed by atoms with E-state index < -0.39 is 0 Å². The standard InChI is InChI=1S/C21H33N3O2/c1-5-23-12-14-24(15-13-23)19(25)10-11-22-21(26)20(16(2)3)18-8-6-17(4)7-9-18/h6-9,16,20H,5,10-15H2,1-4H3,(H,22,26). The Kier molecular flexibility index (Phi) is 7.64. The summed E-state index contributed by atoms with van der Waals surface area (Å²) < 4.78 is 0. The molecule has 0 spiro atoms. The number of amides is 2. The molecule has 0 aromatic heterocycles. The van der Waals surface area contributed by atoms with Gasteiger partial charge in [-0.15, -0.1) is 0 Å². The van der Waals surface area contributed by atoms with Crippen molar-refractivity contribution in [2.24, 2.45) is 5.92 Å². The van der Waals surface area contributed by atoms with Crippen molar-refractivity contribution in [2.75, 3.05) is 39.3 Å². The number of aryl methyl sites for hydroxylation is 1. The van der Waals surface area contributed by atoms with Crippen LogP contribution in [-0.2, 0) is 9.59 Å². The van der Waals surface area contributed by atoms with Crippen LogP contribution in [-0.4, -0.2) is 60.9 Å². The average Bonchev–Trinajstić information content (AvgIpc) is 2.63. The van der Waals surface area contributed by atoms with Crippen molar-refractivity contribution in [1.82, 2.24) is 15.1 Å². The quantitative estimate of drug-likeness (QED) is 0.813. The van der Waals surface area contributed by atoms with Gasteiger partial charge in [-0.1, -0.05) is 50.6 Å². The van der Waals surface area contributed by atoms with Gasteiger partial charge < -0.3 is 15.1 Å². The predicted octanol–water partition coefficient (Wildman–Crippen LogP) is 2.41. The lowest BCUT2D eigenvalue weighted by Crippen LogP contribution is -2.49. The molecule has 0 saturated carbocycles. The van der Waals surface area contributed by atoms with Gasteiger partial charge in [-0.2, -0.15) is 0 Å². The minimum Gasteiger partial charge on any atom is -0.355 e. The van der Waals surface area contributed by atoms with Crippen molar-refractivity contribution in [2.45, 2.75) is 40.0 Å². The van der Waals surface area contributed by atoms with Crippen LogP contribution in [0.3, 0.4) is 0 Å². The maximum Gasteiger partial charge on any atom is 0.227 e. The van der Waals surface area contributed by atoms with Gasteiger partial charge >= 0.3 is 0 Å². The Labute approximate surface area is 157 Å². The van der Waals surface area contributed by atoms with Crippen LogP contribution in [0.5, 0.6) is 0 Å². The second kappa shape index (κ2) is 9.72. The molecule has 144 valence electrons. The molecule has 1 aliphatic heterocycles. The van der Waals surface area contributed by atoms with Crippen LogP contribution < -0.4 is 5.32 Å². The van der Waals surface area contributed by atoms with E-state index in [0.29, 0.717) is 13.0 Å². The molecule has 1 heterocycles. The van der Waals surface area contributed by atoms with Gasteiger partial charge in [-0.25, -0.2) is 0 Å². The van der Waals surface area contributed by atoms with Gasteiger partial charge in [0.15, 0.2) is 0 Å². The third kappa shape index (κ3) is 5.56. The first-order valence-electron chi connectivity index (χ1n) is 9.76. The molecule has 0 aliphatic carbocycles. The largest absolute Gasteiger partial charge is 0.355 e. The van der Waals surface area contributed by atoms with E-state index in [-0.39, 0.29) is 23.7 Å². The lowest BCUT2D eigenvalue weighted by atomic mass is 9.87. The minimum absolute atomic E-state index is 0.00690. The Morgan fingerprint density at radius 3 is 2.23 bits per heavy atom. The van der Waals surface area contributed by atoms with E-state index in [2.05, 4.69) is 31.0 Å². The summed E-state index contributed by atoms with van der Waals surface area (Å²) in [6, 6.07) is 8.13. The second-order valence-electron chi connectivity index (χ2n) is 7.49. The Hall–Kier alpha value is -1.88. The molecular weight excluding hydrogens is 326 g/mol. The van der Waals surface area contributed by atoms with Crippen molar-refractivity contribution in [3.8, 4) is 0 Å². The summed E-state index contributed by atoms with van der Waals surface area (Å²) in [6.45, 7) is 13.2. The number of carbonyl (C=O) groups is 2. The third-order valence-corrected chi connectivity index (χ3v) is 5.20. The SMILES string of the molecule is CCN1CCN(C(=O)CCNC(=O)C(c2ccc(C)cc2)C(C)C)CC1. The molecule has 1 aliphatic rings. The van der Waals surface area contributed by atoms with Gasteiger partial charge in [-0.05, 0) is 24.9 Å². The molecule has 26 heavy (non-hydrogen) atoms. The Balaban J connectivity index is 1.82. The number of carbonyl (C=O) groups excluding carboxylic acids is 2. The molecule has 0 bridgehead atoms. The zero-order chi connectivity index (χ0) is 19.1. The fourth-order valence-electron chi connectivity index (χ4n) is 3.49. The number of nitrogens with zero attached hydrogens (tertiary/aromatic N) is 2. The van der Waals surface area contributed by atoms with Crippen LogP contribution in [0.1, 0.15) is 44.2 Å². The number of hydrogen-bond donors (Lipinski definition) is 1. The predicted molar refractivity (Wildman–Crippen MR) is 105 cm³/mol. The van der Waals surface area contributed by atoms with Crippen LogP contribution >= 0.6 is 0 Å². The monoisotopic (exact) mass is 359 g/mol. The Morgan fingerprint density at radius 1 is 1.08 bits per heavy atom. The zero-order valence-electron chi connectivity index (χ0n) is 16.6. The van der Waals surface area contributed by atoms with Crippen molar-refractivity contribution in [3.05, 3.63) is 35.4 Å². The first-order chi connectivity index (χ1) is 12.4. The van der Waals surface area contributed by atoms with Crippen molar-refractivity contribution < 1.29 is 9.59 Å². The average molecular weight is 360 g/mol. The molecule has 2 rings (SSSR count). The molecule has 5 heteroatoms. The molecule has 0 radical (unpaired) electrons. The summed E-state index contributed by atoms with van der Waals surface area (Å²) in [4.78, 5) is 29.3. The highest BCUT2D eigenvalue weighted by atomic mass is 16.2. The fraction of sp³-hybridized carbons (Fsp3) is 0.619. The highest BCUT2D eigenvalue weighted by Gasteiger charge is 2.25. The summed E-state index contributed by atoms with van der Waals surface area (Å²) in [7, 11) is 0. The van der Waals surface area contributed by atoms with Crippen LogP contribution in [0, 0.1) is 12.8 Å². The van der Waals surface area contributed by atoms with Gasteiger partial charge in [0, 0.05) is 39.1 Å². The van der Waals surface area contributed by atoms with E-state index in [9.17, 15) is 9.59 Å². The Morgan fingerprint density at radius 2 is 1.69 bits per heavy atom. The van der Waals surface area contributed by atoms with Gasteiger partial charge in [-0.3, -0.25) is 9.59 Å². The molecule has 2 amide bonds. The van der Waals surface area contributed by atoms with Crippen LogP contribution in [0.25, 0.3) is 0 Å². The van der Waals surface area contributed by atoms with Crippen LogP contribution in [0.15, 0.2) is 24.3 Å². The first kappa shape index (κ1) is 20.4. The maximum atomic E-state index is 12.7. The summed E-state index contributed by atoms with van der Waals surface area (Å²) >= 11 is 0. The highest BCUT2D eigenvalue weighted by Crippen LogP contribution is 2.25. The van der Waals surface area contributed by atoms with Gasteiger partial charge in [0.2, 0.25) is 11.8 Å². The lowest BCUT2D eigenvalue weighted by molar-refractivity contribution is -0.133. The number of rotatable bonds is 7. The fourth-order valence-corrected chi connectivity index (χ4v) is 3.49. The molecule has 1 fully saturated rings. The topological polar surface area (TPSA) is 52.6 Å². The van der Waals surface area contributed by atoms with Gasteiger partial charge in [0.25, 0.3) is 0 Å². The summed E-state index contributed by atoms with van der Waals surface area (Å²) in [5.41, 5.74) is 2.22. The molecular formula is C21H33N3O2. The zero-order valence-corrected chi connectivity index (χ0v) is 16.6. The normalized spacial score (nSPS) is 16.6. The number of piperazine rings is 1. The molecule has 1 saturated heterocycles. The number of hydrogen-bond acceptors (Lipinski definition) is 3. The van der Waals surface area contributed by atoms with E-state index >= 15 is 0 Å². The molecule has 1 unspecified atom stereocenters. The molecule has 5 nitrogen and oxygen atoms in total. The first-order valence-corrected chi connectivity index (χ1v) is 9.76. The second-order valence-corrected chi connectivity index (χ2v) is 7.49. The minimum atomic E-state index is -0.182. The Bertz CT molecular complexity index is 590. The molecule has 1 atom stereocenters. The number of nitrogens with one attached hydrogen (secondary N) is 1. The van der Waals surface area contributed by atoms with Gasteiger partial charge in [0.05, 0.1) is 5.92 Å². The van der Waals surface area contributed by atoms with Gasteiger partial charge in [0.1, 0.15) is 0 Å². The summed E-state index contributed by atoms with van der Waals surface area (Å²) in [5, 5.41) is 2.97. The molecule has 1 aromatic carbocycles. The van der Waals surface area contributed by atoms with Crippen LogP contribution in [0.4, 0.5) is 0 Å². The van der Waals surface area contributed by atoms with E-state index in [1.54, 1.807) is 0 Å². The third-order valence-electron chi connectivity index (χ3n) is 5.20. The van der Waals surface area contributed by atoms with E-state index in [1.165, 1.54) is 5.56 Å². The lowest BCUT2D eigenvalue weighted by Gasteiger charge is -2.34. The number of benzene rings is 1. The molecule has 1 aromatic rings. The highest BCUT2D eigenvalue weighted by molar-refractivity contribution is 5.84. The van der Waals surface area contributed by atoms with Crippen LogP contribution in [0.2, 0.25) is 0 Å². The van der Waals surface area contributed by atoms with Crippen molar-refractivity contribution >= 4 is 11.8 Å². The van der Waals surface area contributed by atoms with Crippen molar-refractivity contribution in [1.29, 1.82) is 0 Å². The number of likely N-dealkylation sites (N-methyl/N-ethyl adjacent to an activating group) is 1. The maximum absolute atomic E-state index is 12.7. The smallest absolute Gasteiger partial charge is 0.227 e. The summed E-state index contributed by atoms with van der Waals surface area (Å²) in [6.07, 6.45) is 0.372. The van der Waals surface area contributed by atoms with E-state index in [0.717, 1.165) is 38.3 Å². The van der Waals surface area contributed by atoms with E-state index in [4.69, 9.17) is 0 Å².